The van der Waals surface area contributed by atoms with Gasteiger partial charge in [-0.15, -0.1) is 0 Å². The van der Waals surface area contributed by atoms with E-state index in [0.29, 0.717) is 11.5 Å². The topological polar surface area (TPSA) is 56.3 Å². The van der Waals surface area contributed by atoms with Gasteiger partial charge < -0.3 is 14.8 Å². The standard InChI is InChI=1S/C15H18BrN3O2/c1-9(2)15-17-6-5-13(19-15)18-10-7-11(20-3)14(16)12(8-10)21-4/h5-9H,1-4H3,(H,17,18,19). The number of anilines is 2. The van der Waals surface area contributed by atoms with Crippen LogP contribution in [0.4, 0.5) is 11.5 Å². The van der Waals surface area contributed by atoms with Crippen LogP contribution in [0.15, 0.2) is 28.9 Å². The SMILES string of the molecule is COc1cc(Nc2ccnc(C(C)C)n2)cc(OC)c1Br. The third-order valence-corrected chi connectivity index (χ3v) is 3.69. The Labute approximate surface area is 132 Å². The normalized spacial score (nSPS) is 10.6. The monoisotopic (exact) mass is 351 g/mol. The van der Waals surface area contributed by atoms with Gasteiger partial charge in [-0.3, -0.25) is 0 Å². The lowest BCUT2D eigenvalue weighted by molar-refractivity contribution is 0.390. The van der Waals surface area contributed by atoms with Gasteiger partial charge in [-0.2, -0.15) is 0 Å². The van der Waals surface area contributed by atoms with E-state index in [1.807, 2.05) is 18.2 Å². The average Bonchev–Trinajstić information content (AvgIpc) is 2.49. The Balaban J connectivity index is 2.33. The zero-order valence-corrected chi connectivity index (χ0v) is 14.1. The predicted octanol–water partition coefficient (Wildman–Crippen LogP) is 4.12. The van der Waals surface area contributed by atoms with Crippen LogP contribution in [0.1, 0.15) is 25.6 Å². The Kier molecular flexibility index (Phi) is 5.01. The molecule has 0 aliphatic heterocycles. The number of ether oxygens (including phenoxy) is 2. The summed E-state index contributed by atoms with van der Waals surface area (Å²) in [5.41, 5.74) is 0.834. The van der Waals surface area contributed by atoms with E-state index >= 15 is 0 Å². The Morgan fingerprint density at radius 2 is 1.76 bits per heavy atom. The molecule has 1 aromatic heterocycles. The molecule has 0 saturated heterocycles. The van der Waals surface area contributed by atoms with Crippen LogP contribution in [-0.4, -0.2) is 24.2 Å². The van der Waals surface area contributed by atoms with Crippen LogP contribution in [0.5, 0.6) is 11.5 Å². The molecule has 0 aliphatic carbocycles. The summed E-state index contributed by atoms with van der Waals surface area (Å²) in [6.45, 7) is 4.12. The van der Waals surface area contributed by atoms with Crippen LogP contribution in [0.3, 0.4) is 0 Å². The molecule has 0 bridgehead atoms. The molecule has 6 heteroatoms. The van der Waals surface area contributed by atoms with Crippen LogP contribution in [0, 0.1) is 0 Å². The summed E-state index contributed by atoms with van der Waals surface area (Å²) in [6, 6.07) is 5.58. The van der Waals surface area contributed by atoms with Crippen LogP contribution in [-0.2, 0) is 0 Å². The summed E-state index contributed by atoms with van der Waals surface area (Å²) in [5.74, 6) is 3.20. The van der Waals surface area contributed by atoms with E-state index in [2.05, 4.69) is 45.1 Å². The number of hydrogen-bond acceptors (Lipinski definition) is 5. The number of hydrogen-bond donors (Lipinski definition) is 1. The molecule has 0 spiro atoms. The summed E-state index contributed by atoms with van der Waals surface area (Å²) >= 11 is 3.45. The molecule has 0 radical (unpaired) electrons. The maximum atomic E-state index is 5.33. The minimum atomic E-state index is 0.278. The van der Waals surface area contributed by atoms with Crippen LogP contribution in [0.25, 0.3) is 0 Å². The van der Waals surface area contributed by atoms with Crippen molar-refractivity contribution in [3.05, 3.63) is 34.7 Å². The Morgan fingerprint density at radius 1 is 1.14 bits per heavy atom. The first-order valence-electron chi connectivity index (χ1n) is 6.56. The summed E-state index contributed by atoms with van der Waals surface area (Å²) in [5, 5.41) is 3.24. The van der Waals surface area contributed by atoms with Crippen LogP contribution >= 0.6 is 15.9 Å². The third kappa shape index (κ3) is 3.64. The molecule has 1 aromatic carbocycles. The number of halogens is 1. The third-order valence-electron chi connectivity index (χ3n) is 2.91. The van der Waals surface area contributed by atoms with Crippen molar-refractivity contribution in [2.45, 2.75) is 19.8 Å². The quantitative estimate of drug-likeness (QED) is 0.877. The summed E-state index contributed by atoms with van der Waals surface area (Å²) < 4.78 is 11.4. The van der Waals surface area contributed by atoms with Gasteiger partial charge in [0.1, 0.15) is 27.6 Å². The molecule has 0 aliphatic rings. The molecule has 0 atom stereocenters. The van der Waals surface area contributed by atoms with E-state index in [4.69, 9.17) is 9.47 Å². The highest BCUT2D eigenvalue weighted by Crippen LogP contribution is 2.38. The molecule has 1 N–H and O–H groups in total. The molecule has 5 nitrogen and oxygen atoms in total. The lowest BCUT2D eigenvalue weighted by Crippen LogP contribution is -2.01. The second-order valence-corrected chi connectivity index (χ2v) is 5.57. The molecule has 0 unspecified atom stereocenters. The Bertz CT molecular complexity index is 607. The van der Waals surface area contributed by atoms with Gasteiger partial charge >= 0.3 is 0 Å². The number of nitrogens with one attached hydrogen (secondary N) is 1. The smallest absolute Gasteiger partial charge is 0.138 e. The van der Waals surface area contributed by atoms with E-state index in [-0.39, 0.29) is 5.92 Å². The van der Waals surface area contributed by atoms with Crippen LogP contribution in [0.2, 0.25) is 0 Å². The zero-order valence-electron chi connectivity index (χ0n) is 12.5. The zero-order chi connectivity index (χ0) is 15.4. The second-order valence-electron chi connectivity index (χ2n) is 4.77. The minimum Gasteiger partial charge on any atom is -0.495 e. The molecule has 1 heterocycles. The Morgan fingerprint density at radius 3 is 2.29 bits per heavy atom. The Hall–Kier alpha value is -1.82. The van der Waals surface area contributed by atoms with Gasteiger partial charge in [-0.05, 0) is 22.0 Å². The van der Waals surface area contributed by atoms with E-state index in [9.17, 15) is 0 Å². The van der Waals surface area contributed by atoms with Crippen molar-refractivity contribution in [1.82, 2.24) is 9.97 Å². The first kappa shape index (κ1) is 15.6. The first-order valence-corrected chi connectivity index (χ1v) is 7.36. The molecule has 0 amide bonds. The highest BCUT2D eigenvalue weighted by molar-refractivity contribution is 9.10. The van der Waals surface area contributed by atoms with Gasteiger partial charge in [0.2, 0.25) is 0 Å². The molecule has 2 rings (SSSR count). The maximum absolute atomic E-state index is 5.33. The number of methoxy groups -OCH3 is 2. The molecule has 2 aromatic rings. The van der Waals surface area contributed by atoms with Gasteiger partial charge in [-0.25, -0.2) is 9.97 Å². The molecule has 0 saturated carbocycles. The molecular formula is C15H18BrN3O2. The average molecular weight is 352 g/mol. The van der Waals surface area contributed by atoms with Gasteiger partial charge in [0, 0.05) is 29.9 Å². The van der Waals surface area contributed by atoms with Crippen molar-refractivity contribution in [1.29, 1.82) is 0 Å². The second kappa shape index (κ2) is 6.76. The highest BCUT2D eigenvalue weighted by atomic mass is 79.9. The summed E-state index contributed by atoms with van der Waals surface area (Å²) in [7, 11) is 3.23. The van der Waals surface area contributed by atoms with Gasteiger partial charge in [0.05, 0.1) is 14.2 Å². The fourth-order valence-corrected chi connectivity index (χ4v) is 2.36. The van der Waals surface area contributed by atoms with Crippen molar-refractivity contribution in [2.75, 3.05) is 19.5 Å². The van der Waals surface area contributed by atoms with Gasteiger partial charge in [0.25, 0.3) is 0 Å². The number of benzene rings is 1. The van der Waals surface area contributed by atoms with E-state index < -0.39 is 0 Å². The van der Waals surface area contributed by atoms with Gasteiger partial charge in [-0.1, -0.05) is 13.8 Å². The van der Waals surface area contributed by atoms with E-state index in [1.54, 1.807) is 20.4 Å². The van der Waals surface area contributed by atoms with Gasteiger partial charge in [0.15, 0.2) is 0 Å². The molecule has 0 fully saturated rings. The lowest BCUT2D eigenvalue weighted by Gasteiger charge is -2.13. The number of aromatic nitrogens is 2. The van der Waals surface area contributed by atoms with Crippen molar-refractivity contribution >= 4 is 27.4 Å². The van der Waals surface area contributed by atoms with Crippen LogP contribution < -0.4 is 14.8 Å². The van der Waals surface area contributed by atoms with E-state index in [0.717, 1.165) is 21.8 Å². The minimum absolute atomic E-state index is 0.278. The summed E-state index contributed by atoms with van der Waals surface area (Å²) in [6.07, 6.45) is 1.75. The summed E-state index contributed by atoms with van der Waals surface area (Å²) in [4.78, 5) is 8.74. The van der Waals surface area contributed by atoms with Crippen molar-refractivity contribution in [3.8, 4) is 11.5 Å². The predicted molar refractivity (Wildman–Crippen MR) is 86.6 cm³/mol. The van der Waals surface area contributed by atoms with Crippen molar-refractivity contribution in [2.24, 2.45) is 0 Å². The number of nitrogens with zero attached hydrogens (tertiary/aromatic N) is 2. The fourth-order valence-electron chi connectivity index (χ4n) is 1.81. The van der Waals surface area contributed by atoms with Crippen molar-refractivity contribution in [3.63, 3.8) is 0 Å². The fraction of sp³-hybridized carbons (Fsp3) is 0.333. The highest BCUT2D eigenvalue weighted by Gasteiger charge is 2.11. The molecule has 112 valence electrons. The molecular weight excluding hydrogens is 334 g/mol. The van der Waals surface area contributed by atoms with Crippen molar-refractivity contribution < 1.29 is 9.47 Å². The maximum Gasteiger partial charge on any atom is 0.138 e. The largest absolute Gasteiger partial charge is 0.495 e. The molecule has 21 heavy (non-hydrogen) atoms. The number of rotatable bonds is 5. The first-order chi connectivity index (χ1) is 10.0. The van der Waals surface area contributed by atoms with E-state index in [1.165, 1.54) is 0 Å². The lowest BCUT2D eigenvalue weighted by atomic mass is 10.2.